The van der Waals surface area contributed by atoms with Gasteiger partial charge >= 0.3 is 0 Å². The summed E-state index contributed by atoms with van der Waals surface area (Å²) in [6.45, 7) is 2.79. The van der Waals surface area contributed by atoms with Gasteiger partial charge in [0.1, 0.15) is 48.8 Å². The van der Waals surface area contributed by atoms with E-state index in [0.717, 1.165) is 57.8 Å². The minimum absolute atomic E-state index is 0.247. The van der Waals surface area contributed by atoms with E-state index in [1.165, 1.54) is 167 Å². The Bertz CT molecular complexity index is 1320. The van der Waals surface area contributed by atoms with Gasteiger partial charge in [-0.05, 0) is 44.9 Å². The van der Waals surface area contributed by atoms with Crippen LogP contribution in [0.15, 0.2) is 24.3 Å². The summed E-state index contributed by atoms with van der Waals surface area (Å²) in [5, 5.41) is 87.0. The standard InChI is InChI=1S/C59H111NO13/c1-3-5-7-9-11-13-15-17-18-19-20-21-22-23-24-25-26-27-28-29-31-32-34-36-38-40-42-48(63)47(60-51(64)43-41-39-37-35-33-30-16-14-12-10-8-6-4-2)46-70-58-56(69)54(67)57(50(45-62)72-58)73-59-55(68)53(66)52(65)49(44-61)71-59/h14,16,40,42,47-50,52-59,61-63,65-69H,3-13,15,17-39,41,43-46H2,1-2H3,(H,60,64)/b16-14-,42-40+. The van der Waals surface area contributed by atoms with Gasteiger partial charge in [0, 0.05) is 6.42 Å². The maximum absolute atomic E-state index is 13.2. The van der Waals surface area contributed by atoms with Gasteiger partial charge in [0.25, 0.3) is 0 Å². The molecule has 430 valence electrons. The van der Waals surface area contributed by atoms with E-state index in [9.17, 15) is 45.6 Å². The molecule has 1 amide bonds. The number of hydrogen-bond donors (Lipinski definition) is 9. The Labute approximate surface area is 443 Å². The van der Waals surface area contributed by atoms with E-state index in [1.807, 2.05) is 6.08 Å². The van der Waals surface area contributed by atoms with Crippen LogP contribution in [0.5, 0.6) is 0 Å². The topological polar surface area (TPSA) is 228 Å². The van der Waals surface area contributed by atoms with Crippen LogP contribution < -0.4 is 5.32 Å². The molecule has 2 rings (SSSR count). The summed E-state index contributed by atoms with van der Waals surface area (Å²) in [5.41, 5.74) is 0. The number of aliphatic hydroxyl groups is 8. The molecule has 2 aliphatic heterocycles. The van der Waals surface area contributed by atoms with Crippen LogP contribution in [0.3, 0.4) is 0 Å². The van der Waals surface area contributed by atoms with E-state index in [1.54, 1.807) is 6.08 Å². The first-order valence-corrected chi connectivity index (χ1v) is 30.1. The summed E-state index contributed by atoms with van der Waals surface area (Å²) >= 11 is 0. The first kappa shape index (κ1) is 67.6. The van der Waals surface area contributed by atoms with Crippen LogP contribution in [-0.2, 0) is 23.7 Å². The SMILES string of the molecule is CCCCCC/C=C\CCCCCCCC(=O)NC(COC1OC(CO)C(OC2OC(CO)C(O)C(O)C2O)C(O)C1O)C(O)/C=C/CCCCCCCCCCCCCCCCCCCCCCCCCC. The molecular weight excluding hydrogens is 931 g/mol. The van der Waals surface area contributed by atoms with Crippen LogP contribution in [0.1, 0.15) is 251 Å². The maximum atomic E-state index is 13.2. The first-order valence-electron chi connectivity index (χ1n) is 30.1. The van der Waals surface area contributed by atoms with Gasteiger partial charge in [0.15, 0.2) is 12.6 Å². The van der Waals surface area contributed by atoms with Crippen molar-refractivity contribution in [2.24, 2.45) is 0 Å². The first-order chi connectivity index (χ1) is 35.6. The third-order valence-corrected chi connectivity index (χ3v) is 14.9. The highest BCUT2D eigenvalue weighted by Crippen LogP contribution is 2.30. The lowest BCUT2D eigenvalue weighted by Crippen LogP contribution is -2.65. The van der Waals surface area contributed by atoms with E-state index in [-0.39, 0.29) is 18.9 Å². The predicted molar refractivity (Wildman–Crippen MR) is 291 cm³/mol. The zero-order chi connectivity index (χ0) is 53.2. The van der Waals surface area contributed by atoms with Crippen molar-refractivity contribution >= 4 is 5.91 Å². The number of carbonyl (C=O) groups excluding carboxylic acids is 1. The molecule has 0 aliphatic carbocycles. The van der Waals surface area contributed by atoms with Crippen LogP contribution in [0.25, 0.3) is 0 Å². The summed E-state index contributed by atoms with van der Waals surface area (Å²) in [4.78, 5) is 13.2. The molecule has 0 spiro atoms. The molecule has 0 aromatic heterocycles. The van der Waals surface area contributed by atoms with Crippen LogP contribution in [-0.4, -0.2) is 140 Å². The number of aliphatic hydroxyl groups excluding tert-OH is 8. The van der Waals surface area contributed by atoms with Crippen molar-refractivity contribution < 1.29 is 64.6 Å². The Morgan fingerprint density at radius 3 is 1.32 bits per heavy atom. The second kappa shape index (κ2) is 45.5. The molecule has 0 radical (unpaired) electrons. The van der Waals surface area contributed by atoms with Crippen molar-refractivity contribution in [3.63, 3.8) is 0 Å². The number of allylic oxidation sites excluding steroid dienone is 3. The minimum atomic E-state index is -1.79. The van der Waals surface area contributed by atoms with E-state index < -0.39 is 86.8 Å². The molecule has 12 unspecified atom stereocenters. The quantitative estimate of drug-likeness (QED) is 0.0204. The zero-order valence-corrected chi connectivity index (χ0v) is 46.1. The zero-order valence-electron chi connectivity index (χ0n) is 46.1. The molecule has 2 heterocycles. The van der Waals surface area contributed by atoms with Crippen LogP contribution >= 0.6 is 0 Å². The lowest BCUT2D eigenvalue weighted by atomic mass is 9.97. The van der Waals surface area contributed by atoms with Gasteiger partial charge in [-0.25, -0.2) is 0 Å². The van der Waals surface area contributed by atoms with Crippen LogP contribution in [0.2, 0.25) is 0 Å². The minimum Gasteiger partial charge on any atom is -0.394 e. The second-order valence-electron chi connectivity index (χ2n) is 21.5. The molecule has 14 heteroatoms. The Hall–Kier alpha value is -1.53. The highest BCUT2D eigenvalue weighted by atomic mass is 16.7. The average molecular weight is 1040 g/mol. The molecule has 0 saturated carbocycles. The van der Waals surface area contributed by atoms with E-state index in [4.69, 9.17) is 18.9 Å². The van der Waals surface area contributed by atoms with E-state index in [0.29, 0.717) is 6.42 Å². The summed E-state index contributed by atoms with van der Waals surface area (Å²) in [6, 6.07) is -0.916. The van der Waals surface area contributed by atoms with Crippen molar-refractivity contribution in [3.8, 4) is 0 Å². The van der Waals surface area contributed by atoms with Crippen molar-refractivity contribution in [2.75, 3.05) is 19.8 Å². The largest absolute Gasteiger partial charge is 0.394 e. The van der Waals surface area contributed by atoms with Gasteiger partial charge in [-0.2, -0.15) is 0 Å². The summed E-state index contributed by atoms with van der Waals surface area (Å²) < 4.78 is 22.8. The molecule has 9 N–H and O–H groups in total. The summed E-state index contributed by atoms with van der Waals surface area (Å²) in [5.74, 6) is -0.247. The Morgan fingerprint density at radius 1 is 0.479 bits per heavy atom. The van der Waals surface area contributed by atoms with Gasteiger partial charge < -0.3 is 65.1 Å². The molecule has 12 atom stereocenters. The third-order valence-electron chi connectivity index (χ3n) is 14.9. The fraction of sp³-hybridized carbons (Fsp3) is 0.915. The van der Waals surface area contributed by atoms with Crippen molar-refractivity contribution in [1.29, 1.82) is 0 Å². The number of nitrogens with one attached hydrogen (secondary N) is 1. The molecule has 14 nitrogen and oxygen atoms in total. The van der Waals surface area contributed by atoms with Crippen molar-refractivity contribution in [1.82, 2.24) is 5.32 Å². The maximum Gasteiger partial charge on any atom is 0.220 e. The highest BCUT2D eigenvalue weighted by Gasteiger charge is 2.51. The molecule has 2 aliphatic rings. The Morgan fingerprint density at radius 2 is 0.863 bits per heavy atom. The average Bonchev–Trinajstić information content (AvgIpc) is 3.39. The molecule has 0 aromatic rings. The van der Waals surface area contributed by atoms with Gasteiger partial charge in [-0.1, -0.05) is 224 Å². The van der Waals surface area contributed by atoms with Gasteiger partial charge in [-0.15, -0.1) is 0 Å². The number of carbonyl (C=O) groups is 1. The van der Waals surface area contributed by atoms with Gasteiger partial charge in [0.2, 0.25) is 5.91 Å². The fourth-order valence-corrected chi connectivity index (χ4v) is 9.99. The van der Waals surface area contributed by atoms with E-state index in [2.05, 4.69) is 31.3 Å². The Balaban J connectivity index is 1.73. The van der Waals surface area contributed by atoms with Crippen molar-refractivity contribution in [2.45, 2.75) is 325 Å². The van der Waals surface area contributed by atoms with Gasteiger partial charge in [-0.3, -0.25) is 4.79 Å². The summed E-state index contributed by atoms with van der Waals surface area (Å²) in [7, 11) is 0. The predicted octanol–water partition coefficient (Wildman–Crippen LogP) is 10.1. The van der Waals surface area contributed by atoms with Gasteiger partial charge in [0.05, 0.1) is 32.0 Å². The molecular formula is C59H111NO13. The fourth-order valence-electron chi connectivity index (χ4n) is 9.99. The van der Waals surface area contributed by atoms with Crippen LogP contribution in [0, 0.1) is 0 Å². The lowest BCUT2D eigenvalue weighted by Gasteiger charge is -2.46. The molecule has 2 saturated heterocycles. The number of rotatable bonds is 48. The Kier molecular flexibility index (Phi) is 42.1. The number of ether oxygens (including phenoxy) is 4. The molecule has 0 aromatic carbocycles. The van der Waals surface area contributed by atoms with Crippen LogP contribution in [0.4, 0.5) is 0 Å². The number of hydrogen-bond acceptors (Lipinski definition) is 13. The third kappa shape index (κ3) is 31.5. The highest BCUT2D eigenvalue weighted by molar-refractivity contribution is 5.76. The van der Waals surface area contributed by atoms with E-state index >= 15 is 0 Å². The lowest BCUT2D eigenvalue weighted by molar-refractivity contribution is -0.359. The number of amides is 1. The molecule has 73 heavy (non-hydrogen) atoms. The second-order valence-corrected chi connectivity index (χ2v) is 21.5. The molecule has 0 bridgehead atoms. The molecule has 2 fully saturated rings. The van der Waals surface area contributed by atoms with Crippen molar-refractivity contribution in [3.05, 3.63) is 24.3 Å². The number of unbranched alkanes of at least 4 members (excludes halogenated alkanes) is 33. The summed E-state index contributed by atoms with van der Waals surface area (Å²) in [6.07, 6.45) is 36.6. The normalized spacial score (nSPS) is 25.5. The monoisotopic (exact) mass is 1040 g/mol. The smallest absolute Gasteiger partial charge is 0.220 e.